The van der Waals surface area contributed by atoms with E-state index in [0.717, 1.165) is 17.1 Å². The van der Waals surface area contributed by atoms with Crippen molar-refractivity contribution in [2.75, 3.05) is 4.90 Å². The molecule has 0 heterocycles. The van der Waals surface area contributed by atoms with Crippen LogP contribution in [0.1, 0.15) is 0 Å². The van der Waals surface area contributed by atoms with E-state index in [-0.39, 0.29) is 0 Å². The van der Waals surface area contributed by atoms with Gasteiger partial charge in [-0.3, -0.25) is 0 Å². The van der Waals surface area contributed by atoms with Crippen molar-refractivity contribution < 1.29 is 0 Å². The van der Waals surface area contributed by atoms with Crippen molar-refractivity contribution in [2.45, 2.75) is 0 Å². The molecule has 174 valence electrons. The van der Waals surface area contributed by atoms with Gasteiger partial charge < -0.3 is 4.90 Å². The van der Waals surface area contributed by atoms with Crippen molar-refractivity contribution in [3.8, 4) is 11.1 Å². The van der Waals surface area contributed by atoms with Gasteiger partial charge >= 0.3 is 0 Å². The molecule has 0 radical (unpaired) electrons. The van der Waals surface area contributed by atoms with E-state index in [1.54, 1.807) is 0 Å². The first-order chi connectivity index (χ1) is 18.4. The SMILES string of the molecule is c1ccc(-c2ccccc2N(c2ccccc2)c2ccc3c(ccc4c5ccccc5ccc34)c2)cc1. The maximum atomic E-state index is 2.37. The second-order valence-corrected chi connectivity index (χ2v) is 9.41. The van der Waals surface area contributed by atoms with E-state index in [9.17, 15) is 0 Å². The van der Waals surface area contributed by atoms with E-state index >= 15 is 0 Å². The van der Waals surface area contributed by atoms with Gasteiger partial charge in [0.1, 0.15) is 0 Å². The smallest absolute Gasteiger partial charge is 0.0540 e. The zero-order valence-corrected chi connectivity index (χ0v) is 20.4. The van der Waals surface area contributed by atoms with Crippen molar-refractivity contribution in [2.24, 2.45) is 0 Å². The highest BCUT2D eigenvalue weighted by atomic mass is 15.1. The first kappa shape index (κ1) is 21.4. The molecule has 1 nitrogen and oxygen atoms in total. The summed E-state index contributed by atoms with van der Waals surface area (Å²) in [5, 5.41) is 7.67. The first-order valence-electron chi connectivity index (χ1n) is 12.7. The standard InChI is InChI=1S/C36H25N/c1-3-11-26(12-4-1)33-17-9-10-18-36(33)37(29-14-5-2-6-15-29)30-21-24-32-28(25-30)20-23-34-31-16-8-7-13-27(31)19-22-35(32)34/h1-25H. The van der Waals surface area contributed by atoms with Gasteiger partial charge in [-0.2, -0.15) is 0 Å². The largest absolute Gasteiger partial charge is 0.310 e. The molecule has 7 rings (SSSR count). The Bertz CT molecular complexity index is 1870. The lowest BCUT2D eigenvalue weighted by molar-refractivity contribution is 1.29. The van der Waals surface area contributed by atoms with Crippen LogP contribution in [0.25, 0.3) is 43.4 Å². The van der Waals surface area contributed by atoms with Gasteiger partial charge in [0.05, 0.1) is 5.69 Å². The van der Waals surface area contributed by atoms with Gasteiger partial charge in [-0.1, -0.05) is 121 Å². The van der Waals surface area contributed by atoms with Gasteiger partial charge in [0.2, 0.25) is 0 Å². The molecule has 0 unspecified atom stereocenters. The predicted octanol–water partition coefficient (Wildman–Crippen LogP) is 10.3. The topological polar surface area (TPSA) is 3.24 Å². The van der Waals surface area contributed by atoms with Gasteiger partial charge in [-0.15, -0.1) is 0 Å². The normalized spacial score (nSPS) is 11.2. The quantitative estimate of drug-likeness (QED) is 0.231. The van der Waals surface area contributed by atoms with Crippen molar-refractivity contribution in [3.63, 3.8) is 0 Å². The van der Waals surface area contributed by atoms with Crippen LogP contribution < -0.4 is 4.90 Å². The highest BCUT2D eigenvalue weighted by Gasteiger charge is 2.17. The van der Waals surface area contributed by atoms with Gasteiger partial charge in [-0.25, -0.2) is 0 Å². The average molecular weight is 472 g/mol. The molecule has 0 amide bonds. The number of hydrogen-bond donors (Lipinski definition) is 0. The fraction of sp³-hybridized carbons (Fsp3) is 0. The van der Waals surface area contributed by atoms with Crippen LogP contribution in [-0.4, -0.2) is 0 Å². The summed E-state index contributed by atoms with van der Waals surface area (Å²) in [4.78, 5) is 2.37. The number of para-hydroxylation sites is 2. The number of hydrogen-bond acceptors (Lipinski definition) is 1. The Kier molecular flexibility index (Phi) is 5.19. The van der Waals surface area contributed by atoms with Crippen molar-refractivity contribution in [1.29, 1.82) is 0 Å². The monoisotopic (exact) mass is 471 g/mol. The highest BCUT2D eigenvalue weighted by molar-refractivity contribution is 6.17. The zero-order valence-electron chi connectivity index (χ0n) is 20.4. The van der Waals surface area contributed by atoms with E-state index in [0.29, 0.717) is 0 Å². The molecule has 0 saturated carbocycles. The summed E-state index contributed by atoms with van der Waals surface area (Å²) in [5.74, 6) is 0. The molecule has 7 aromatic rings. The molecule has 0 saturated heterocycles. The first-order valence-corrected chi connectivity index (χ1v) is 12.7. The Labute approximate surface area is 216 Å². The van der Waals surface area contributed by atoms with Crippen LogP contribution in [0.3, 0.4) is 0 Å². The molecule has 0 atom stereocenters. The number of benzene rings is 7. The minimum Gasteiger partial charge on any atom is -0.310 e. The van der Waals surface area contributed by atoms with Crippen LogP contribution in [0.15, 0.2) is 152 Å². The third-order valence-corrected chi connectivity index (χ3v) is 7.23. The molecule has 0 bridgehead atoms. The summed E-state index contributed by atoms with van der Waals surface area (Å²) in [6.45, 7) is 0. The Morgan fingerprint density at radius 1 is 0.351 bits per heavy atom. The van der Waals surface area contributed by atoms with Crippen LogP contribution in [-0.2, 0) is 0 Å². The lowest BCUT2D eigenvalue weighted by atomic mass is 9.96. The summed E-state index contributed by atoms with van der Waals surface area (Å²) in [6, 6.07) is 54.4. The Balaban J connectivity index is 1.45. The number of nitrogens with zero attached hydrogens (tertiary/aromatic N) is 1. The minimum atomic E-state index is 1.14. The van der Waals surface area contributed by atoms with Crippen molar-refractivity contribution in [3.05, 3.63) is 152 Å². The lowest BCUT2D eigenvalue weighted by Crippen LogP contribution is -2.11. The van der Waals surface area contributed by atoms with Gasteiger partial charge in [0.25, 0.3) is 0 Å². The highest BCUT2D eigenvalue weighted by Crippen LogP contribution is 2.42. The summed E-state index contributed by atoms with van der Waals surface area (Å²) >= 11 is 0. The Morgan fingerprint density at radius 3 is 1.76 bits per heavy atom. The molecule has 0 aliphatic carbocycles. The van der Waals surface area contributed by atoms with Crippen LogP contribution in [0.5, 0.6) is 0 Å². The summed E-state index contributed by atoms with van der Waals surface area (Å²) < 4.78 is 0. The van der Waals surface area contributed by atoms with Crippen molar-refractivity contribution >= 4 is 49.4 Å². The van der Waals surface area contributed by atoms with Crippen LogP contribution in [0, 0.1) is 0 Å². The van der Waals surface area contributed by atoms with E-state index in [1.165, 1.54) is 43.4 Å². The predicted molar refractivity (Wildman–Crippen MR) is 159 cm³/mol. The van der Waals surface area contributed by atoms with E-state index in [4.69, 9.17) is 0 Å². The van der Waals surface area contributed by atoms with Crippen LogP contribution in [0.2, 0.25) is 0 Å². The van der Waals surface area contributed by atoms with Gasteiger partial charge in [0.15, 0.2) is 0 Å². The number of rotatable bonds is 4. The Morgan fingerprint density at radius 2 is 0.946 bits per heavy atom. The number of anilines is 3. The molecular weight excluding hydrogens is 446 g/mol. The zero-order chi connectivity index (χ0) is 24.6. The fourth-order valence-electron chi connectivity index (χ4n) is 5.49. The van der Waals surface area contributed by atoms with Gasteiger partial charge in [0, 0.05) is 16.9 Å². The van der Waals surface area contributed by atoms with Gasteiger partial charge in [-0.05, 0) is 68.2 Å². The second kappa shape index (κ2) is 8.96. The molecule has 1 heteroatoms. The van der Waals surface area contributed by atoms with E-state index in [1.807, 2.05) is 0 Å². The Hall–Kier alpha value is -4.88. The molecular formula is C36H25N. The molecule has 0 fully saturated rings. The molecule has 0 N–H and O–H groups in total. The van der Waals surface area contributed by atoms with E-state index < -0.39 is 0 Å². The molecule has 0 aliphatic rings. The molecule has 0 spiro atoms. The van der Waals surface area contributed by atoms with E-state index in [2.05, 4.69) is 157 Å². The molecule has 7 aromatic carbocycles. The third kappa shape index (κ3) is 3.73. The fourth-order valence-corrected chi connectivity index (χ4v) is 5.49. The maximum Gasteiger partial charge on any atom is 0.0540 e. The van der Waals surface area contributed by atoms with Crippen molar-refractivity contribution in [1.82, 2.24) is 0 Å². The van der Waals surface area contributed by atoms with Crippen LogP contribution >= 0.6 is 0 Å². The molecule has 0 aromatic heterocycles. The average Bonchev–Trinajstić information content (AvgIpc) is 2.98. The second-order valence-electron chi connectivity index (χ2n) is 9.41. The number of fused-ring (bicyclic) bond motifs is 5. The lowest BCUT2D eigenvalue weighted by Gasteiger charge is -2.28. The maximum absolute atomic E-state index is 2.37. The minimum absolute atomic E-state index is 1.14. The summed E-state index contributed by atoms with van der Waals surface area (Å²) in [6.07, 6.45) is 0. The summed E-state index contributed by atoms with van der Waals surface area (Å²) in [5.41, 5.74) is 5.85. The van der Waals surface area contributed by atoms with Crippen LogP contribution in [0.4, 0.5) is 17.1 Å². The third-order valence-electron chi connectivity index (χ3n) is 7.23. The summed E-state index contributed by atoms with van der Waals surface area (Å²) in [7, 11) is 0. The molecule has 0 aliphatic heterocycles. The molecule has 37 heavy (non-hydrogen) atoms.